The van der Waals surface area contributed by atoms with Crippen molar-refractivity contribution in [2.45, 2.75) is 63.7 Å². The molecule has 4 saturated heterocycles. The third kappa shape index (κ3) is 3.92. The van der Waals surface area contributed by atoms with Gasteiger partial charge in [-0.25, -0.2) is 0 Å². The second-order valence-corrected chi connectivity index (χ2v) is 15.4. The number of nitrogens with zero attached hydrogens (tertiary/aromatic N) is 2. The minimum absolute atomic E-state index is 0.0682. The van der Waals surface area contributed by atoms with E-state index in [1.54, 1.807) is 27.7 Å². The van der Waals surface area contributed by atoms with Gasteiger partial charge >= 0.3 is 23.9 Å². The van der Waals surface area contributed by atoms with E-state index in [2.05, 4.69) is 9.80 Å². The molecule has 56 heavy (non-hydrogen) atoms. The van der Waals surface area contributed by atoms with Crippen LogP contribution in [0, 0.1) is 21.7 Å². The monoisotopic (exact) mass is 754 g/mol. The first-order chi connectivity index (χ1) is 27.3. The third-order valence-electron chi connectivity index (χ3n) is 13.5. The molecule has 10 heteroatoms. The fourth-order valence-electron chi connectivity index (χ4n) is 12.8. The van der Waals surface area contributed by atoms with Crippen LogP contribution in [0.3, 0.4) is 0 Å². The molecule has 8 bridgehead atoms. The zero-order valence-corrected chi connectivity index (χ0v) is 32.0. The van der Waals surface area contributed by atoms with E-state index in [0.717, 1.165) is 11.1 Å². The van der Waals surface area contributed by atoms with Crippen molar-refractivity contribution in [2.24, 2.45) is 21.7 Å². The first-order valence-electron chi connectivity index (χ1n) is 19.8. The van der Waals surface area contributed by atoms with Gasteiger partial charge in [0.2, 0.25) is 0 Å². The number of rotatable bonds is 12. The number of carbonyl (C=O) groups excluding carboxylic acids is 4. The summed E-state index contributed by atoms with van der Waals surface area (Å²) in [6, 6.07) is 34.4. The molecule has 288 valence electrons. The smallest absolute Gasteiger partial charge is 0.317 e. The van der Waals surface area contributed by atoms with Gasteiger partial charge in [-0.2, -0.15) is 0 Å². The van der Waals surface area contributed by atoms with Crippen molar-refractivity contribution < 1.29 is 38.1 Å². The molecule has 6 fully saturated rings. The molecule has 0 N–H and O–H groups in total. The number of ether oxygens (including phenoxy) is 4. The number of anilines is 2. The van der Waals surface area contributed by atoms with Gasteiger partial charge in [-0.1, -0.05) is 97.1 Å². The summed E-state index contributed by atoms with van der Waals surface area (Å²) in [5, 5.41) is 0. The Bertz CT molecular complexity index is 1920. The fourth-order valence-corrected chi connectivity index (χ4v) is 12.8. The van der Waals surface area contributed by atoms with Crippen LogP contribution in [0.1, 0.15) is 50.7 Å². The van der Waals surface area contributed by atoms with E-state index < -0.39 is 81.5 Å². The van der Waals surface area contributed by atoms with E-state index in [1.165, 1.54) is 0 Å². The number of piperidine rings is 4. The maximum Gasteiger partial charge on any atom is 0.317 e. The predicted molar refractivity (Wildman–Crippen MR) is 208 cm³/mol. The Hall–Kier alpha value is -5.64. The second kappa shape index (κ2) is 13.0. The van der Waals surface area contributed by atoms with Crippen LogP contribution >= 0.6 is 0 Å². The van der Waals surface area contributed by atoms with E-state index >= 15 is 19.2 Å². The molecule has 10 nitrogen and oxygen atoms in total. The number of esters is 4. The Morgan fingerprint density at radius 3 is 0.875 bits per heavy atom. The summed E-state index contributed by atoms with van der Waals surface area (Å²) in [4.78, 5) is 67.0. The van der Waals surface area contributed by atoms with Crippen molar-refractivity contribution in [3.63, 3.8) is 0 Å². The van der Waals surface area contributed by atoms with Gasteiger partial charge < -0.3 is 28.7 Å². The summed E-state index contributed by atoms with van der Waals surface area (Å²) in [7, 11) is 0. The quantitative estimate of drug-likeness (QED) is 0.121. The van der Waals surface area contributed by atoms with Crippen LogP contribution < -0.4 is 9.80 Å². The minimum atomic E-state index is -1.57. The van der Waals surface area contributed by atoms with Crippen LogP contribution in [0.25, 0.3) is 0 Å². The van der Waals surface area contributed by atoms with Crippen LogP contribution in [-0.4, -0.2) is 74.5 Å². The first kappa shape index (κ1) is 36.0. The second-order valence-electron chi connectivity index (χ2n) is 15.4. The van der Waals surface area contributed by atoms with Gasteiger partial charge in [0.1, 0.15) is 21.7 Å². The standard InChI is InChI=1S/C46H46N2O8/c1-5-53-39(49)43-33(29-21-13-9-14-22-29)44(40(50)54-6-2)37-46(42(52)56-8-4)34(30-23-15-10-16-24-30)45(41(51)55-7-3,35(43)47(37)31-25-17-11-18-26-31)36(43)48(38(44)46)32-27-19-12-20-28-32/h9-28,33-38H,5-8H2,1-4H3. The van der Waals surface area contributed by atoms with Gasteiger partial charge in [0, 0.05) is 23.2 Å². The SMILES string of the molecule is CCOC(=O)C12C(c3ccccc3)C3(C(=O)OCC)C4N(c5ccccc5)C1C1(C(=O)OCC)C(c5ccccc5)C4(C(=O)OCC)C3N(c3ccccc3)C21. The van der Waals surface area contributed by atoms with E-state index in [9.17, 15) is 0 Å². The van der Waals surface area contributed by atoms with Gasteiger partial charge in [-0.05, 0) is 63.1 Å². The van der Waals surface area contributed by atoms with Gasteiger partial charge in [0.25, 0.3) is 0 Å². The predicted octanol–water partition coefficient (Wildman–Crippen LogP) is 6.31. The van der Waals surface area contributed by atoms with Crippen molar-refractivity contribution in [3.8, 4) is 0 Å². The number of hydrogen-bond donors (Lipinski definition) is 0. The molecule has 0 unspecified atom stereocenters. The number of benzene rings is 4. The molecular weight excluding hydrogens is 709 g/mol. The third-order valence-corrected chi connectivity index (χ3v) is 13.5. The van der Waals surface area contributed by atoms with Crippen molar-refractivity contribution in [1.82, 2.24) is 0 Å². The lowest BCUT2D eigenvalue weighted by atomic mass is 9.15. The largest absolute Gasteiger partial charge is 0.465 e. The Labute approximate surface area is 326 Å². The maximum atomic E-state index is 15.7. The van der Waals surface area contributed by atoms with Crippen LogP contribution in [0.4, 0.5) is 11.4 Å². The van der Waals surface area contributed by atoms with E-state index in [4.69, 9.17) is 18.9 Å². The Morgan fingerprint density at radius 1 is 0.411 bits per heavy atom. The average molecular weight is 755 g/mol. The minimum Gasteiger partial charge on any atom is -0.465 e. The molecule has 0 radical (unpaired) electrons. The molecule has 6 aliphatic rings. The fraction of sp³-hybridized carbons (Fsp3) is 0.391. The molecule has 4 aromatic carbocycles. The summed E-state index contributed by atoms with van der Waals surface area (Å²) in [6.07, 6.45) is 0. The van der Waals surface area contributed by atoms with Crippen LogP contribution in [0.2, 0.25) is 0 Å². The maximum absolute atomic E-state index is 15.7. The average Bonchev–Trinajstić information content (AvgIpc) is 3.20. The topological polar surface area (TPSA) is 112 Å². The number of hydrogen-bond acceptors (Lipinski definition) is 10. The lowest BCUT2D eigenvalue weighted by Crippen LogP contribution is -3.10. The molecular formula is C46H46N2O8. The lowest BCUT2D eigenvalue weighted by molar-refractivity contribution is -0.340. The Morgan fingerprint density at radius 2 is 0.643 bits per heavy atom. The molecule has 4 aliphatic heterocycles. The van der Waals surface area contributed by atoms with Crippen molar-refractivity contribution in [1.29, 1.82) is 0 Å². The first-order valence-corrected chi connectivity index (χ1v) is 19.8. The highest BCUT2D eigenvalue weighted by molar-refractivity contribution is 6.07. The number of carbonyl (C=O) groups is 4. The number of para-hydroxylation sites is 2. The highest BCUT2D eigenvalue weighted by Gasteiger charge is 3.07. The van der Waals surface area contributed by atoms with Gasteiger partial charge in [-0.3, -0.25) is 19.2 Å². The van der Waals surface area contributed by atoms with Crippen LogP contribution in [-0.2, 0) is 38.1 Å². The summed E-state index contributed by atoms with van der Waals surface area (Å²) >= 11 is 0. The van der Waals surface area contributed by atoms with Crippen molar-refractivity contribution in [3.05, 3.63) is 132 Å². The van der Waals surface area contributed by atoms with E-state index in [-0.39, 0.29) is 26.4 Å². The van der Waals surface area contributed by atoms with E-state index in [0.29, 0.717) is 11.4 Å². The normalized spacial score (nSPS) is 33.8. The molecule has 0 atom stereocenters. The molecule has 4 aromatic rings. The zero-order valence-electron chi connectivity index (χ0n) is 32.0. The van der Waals surface area contributed by atoms with Crippen LogP contribution in [0.15, 0.2) is 121 Å². The zero-order chi connectivity index (χ0) is 39.0. The summed E-state index contributed by atoms with van der Waals surface area (Å²) < 4.78 is 24.9. The highest BCUT2D eigenvalue weighted by Crippen LogP contribution is 2.92. The highest BCUT2D eigenvalue weighted by atomic mass is 16.6. The van der Waals surface area contributed by atoms with Gasteiger partial charge in [-0.15, -0.1) is 0 Å². The Balaban J connectivity index is 1.54. The van der Waals surface area contributed by atoms with Crippen molar-refractivity contribution >= 4 is 35.3 Å². The molecule has 0 amide bonds. The molecule has 0 spiro atoms. The molecule has 4 heterocycles. The summed E-state index contributed by atoms with van der Waals surface area (Å²) in [6.45, 7) is 7.35. The Kier molecular flexibility index (Phi) is 8.34. The lowest BCUT2D eigenvalue weighted by Gasteiger charge is -2.95. The van der Waals surface area contributed by atoms with Gasteiger partial charge in [0.05, 0.1) is 50.6 Å². The van der Waals surface area contributed by atoms with Crippen molar-refractivity contribution in [2.75, 3.05) is 36.2 Å². The van der Waals surface area contributed by atoms with Crippen LogP contribution in [0.5, 0.6) is 0 Å². The molecule has 2 aliphatic carbocycles. The van der Waals surface area contributed by atoms with E-state index in [1.807, 2.05) is 121 Å². The molecule has 10 rings (SSSR count). The summed E-state index contributed by atoms with van der Waals surface area (Å²) in [5.74, 6) is -3.83. The molecule has 0 aromatic heterocycles. The van der Waals surface area contributed by atoms with Gasteiger partial charge in [0.15, 0.2) is 0 Å². The summed E-state index contributed by atoms with van der Waals surface area (Å²) in [5.41, 5.74) is -3.48. The molecule has 2 saturated carbocycles.